The van der Waals surface area contributed by atoms with E-state index in [9.17, 15) is 0 Å². The Bertz CT molecular complexity index is 794. The highest BCUT2D eigenvalue weighted by Gasteiger charge is 2.07. The topological polar surface area (TPSA) is 66.8 Å². The number of hydrogen-bond donors (Lipinski definition) is 1. The van der Waals surface area contributed by atoms with Gasteiger partial charge in [0, 0.05) is 37.6 Å². The molecule has 0 aliphatic heterocycles. The van der Waals surface area contributed by atoms with Crippen LogP contribution in [0.2, 0.25) is 5.02 Å². The molecule has 6 nitrogen and oxygen atoms in total. The van der Waals surface area contributed by atoms with Gasteiger partial charge in [0.1, 0.15) is 0 Å². The van der Waals surface area contributed by atoms with Gasteiger partial charge in [-0.15, -0.1) is 5.10 Å². The van der Waals surface area contributed by atoms with Crippen molar-refractivity contribution in [3.05, 3.63) is 71.1 Å². The molecule has 0 saturated heterocycles. The van der Waals surface area contributed by atoms with E-state index in [-0.39, 0.29) is 0 Å². The van der Waals surface area contributed by atoms with Gasteiger partial charge in [-0.2, -0.15) is 10.1 Å². The lowest BCUT2D eigenvalue weighted by atomic mass is 10.2. The van der Waals surface area contributed by atoms with Crippen LogP contribution in [0, 0.1) is 0 Å². The van der Waals surface area contributed by atoms with E-state index in [0.29, 0.717) is 18.3 Å². The van der Waals surface area contributed by atoms with E-state index >= 15 is 0 Å². The van der Waals surface area contributed by atoms with Crippen LogP contribution in [0.3, 0.4) is 0 Å². The molecule has 7 heteroatoms. The molecule has 0 unspecified atom stereocenters. The molecule has 0 aliphatic carbocycles. The van der Waals surface area contributed by atoms with E-state index in [2.05, 4.69) is 25.5 Å². The molecule has 0 radical (unpaired) electrons. The van der Waals surface area contributed by atoms with Crippen LogP contribution in [0.4, 0.5) is 11.8 Å². The Morgan fingerprint density at radius 3 is 2.56 bits per heavy atom. The first kappa shape index (κ1) is 17.1. The van der Waals surface area contributed by atoms with Crippen LogP contribution in [-0.4, -0.2) is 33.8 Å². The largest absolute Gasteiger partial charge is 0.365 e. The van der Waals surface area contributed by atoms with Gasteiger partial charge in [-0.25, -0.2) is 0 Å². The van der Waals surface area contributed by atoms with Crippen LogP contribution in [0.25, 0.3) is 0 Å². The summed E-state index contributed by atoms with van der Waals surface area (Å²) in [5.74, 6) is 1.28. The quantitative estimate of drug-likeness (QED) is 0.702. The first-order valence-electron chi connectivity index (χ1n) is 7.99. The summed E-state index contributed by atoms with van der Waals surface area (Å²) in [5.41, 5.74) is 2.35. The normalized spacial score (nSPS) is 10.5. The minimum atomic E-state index is 0.593. The molecule has 1 aromatic carbocycles. The third kappa shape index (κ3) is 5.12. The second kappa shape index (κ2) is 8.39. The Hall–Kier alpha value is -2.73. The van der Waals surface area contributed by atoms with Gasteiger partial charge in [-0.05, 0) is 41.8 Å². The highest BCUT2D eigenvalue weighted by molar-refractivity contribution is 6.30. The Morgan fingerprint density at radius 2 is 1.80 bits per heavy atom. The molecular weight excluding hydrogens is 336 g/mol. The zero-order valence-corrected chi connectivity index (χ0v) is 14.7. The average Bonchev–Trinajstić information content (AvgIpc) is 2.67. The standard InChI is InChI=1S/C18H19ClN6/c1-25(11-8-14-6-9-20-10-7-14)18-23-17(13-22-24-18)21-12-15-2-4-16(19)5-3-15/h2-7,9-10,13H,8,11-12H2,1H3,(H,21,23,24). The Balaban J connectivity index is 1.57. The molecule has 0 spiro atoms. The van der Waals surface area contributed by atoms with Crippen molar-refractivity contribution >= 4 is 23.4 Å². The Labute approximate surface area is 151 Å². The molecule has 0 atom stereocenters. The molecule has 0 bridgehead atoms. The number of pyridine rings is 1. The van der Waals surface area contributed by atoms with Crippen LogP contribution in [-0.2, 0) is 13.0 Å². The van der Waals surface area contributed by atoms with Gasteiger partial charge >= 0.3 is 0 Å². The fourth-order valence-electron chi connectivity index (χ4n) is 2.28. The average molecular weight is 355 g/mol. The molecule has 1 N–H and O–H groups in total. The Kier molecular flexibility index (Phi) is 5.74. The summed E-state index contributed by atoms with van der Waals surface area (Å²) in [4.78, 5) is 10.5. The van der Waals surface area contributed by atoms with E-state index in [1.165, 1.54) is 5.56 Å². The number of nitrogens with zero attached hydrogens (tertiary/aromatic N) is 5. The Morgan fingerprint density at radius 1 is 1.04 bits per heavy atom. The van der Waals surface area contributed by atoms with Crippen molar-refractivity contribution in [2.24, 2.45) is 0 Å². The molecule has 128 valence electrons. The molecule has 3 aromatic rings. The summed E-state index contributed by atoms with van der Waals surface area (Å²) in [6.07, 6.45) is 6.12. The number of rotatable bonds is 7. The van der Waals surface area contributed by atoms with Crippen molar-refractivity contribution in [2.75, 3.05) is 23.8 Å². The molecule has 2 heterocycles. The summed E-state index contributed by atoms with van der Waals surface area (Å²) in [6, 6.07) is 11.7. The minimum absolute atomic E-state index is 0.593. The van der Waals surface area contributed by atoms with Gasteiger partial charge < -0.3 is 10.2 Å². The lowest BCUT2D eigenvalue weighted by Gasteiger charge is -2.17. The molecule has 0 fully saturated rings. The fourth-order valence-corrected chi connectivity index (χ4v) is 2.41. The zero-order chi connectivity index (χ0) is 17.5. The smallest absolute Gasteiger partial charge is 0.247 e. The monoisotopic (exact) mass is 354 g/mol. The number of nitrogens with one attached hydrogen (secondary N) is 1. The maximum atomic E-state index is 5.90. The fraction of sp³-hybridized carbons (Fsp3) is 0.222. The predicted octanol–water partition coefficient (Wildman–Crippen LogP) is 3.21. The summed E-state index contributed by atoms with van der Waals surface area (Å²) >= 11 is 5.90. The van der Waals surface area contributed by atoms with Crippen LogP contribution in [0.1, 0.15) is 11.1 Å². The van der Waals surface area contributed by atoms with Crippen molar-refractivity contribution in [3.63, 3.8) is 0 Å². The molecule has 3 rings (SSSR count). The van der Waals surface area contributed by atoms with E-state index in [0.717, 1.165) is 23.6 Å². The number of aromatic nitrogens is 4. The lowest BCUT2D eigenvalue weighted by Crippen LogP contribution is -2.23. The third-order valence-corrected chi connectivity index (χ3v) is 4.01. The van der Waals surface area contributed by atoms with Gasteiger partial charge in [0.15, 0.2) is 5.82 Å². The first-order valence-corrected chi connectivity index (χ1v) is 8.36. The second-order valence-electron chi connectivity index (χ2n) is 5.65. The first-order chi connectivity index (χ1) is 12.2. The highest BCUT2D eigenvalue weighted by atomic mass is 35.5. The van der Waals surface area contributed by atoms with E-state index in [1.54, 1.807) is 18.6 Å². The number of likely N-dealkylation sites (N-methyl/N-ethyl adjacent to an activating group) is 1. The number of hydrogen-bond acceptors (Lipinski definition) is 6. The zero-order valence-electron chi connectivity index (χ0n) is 13.9. The molecule has 2 aromatic heterocycles. The van der Waals surface area contributed by atoms with Gasteiger partial charge in [0.2, 0.25) is 5.95 Å². The van der Waals surface area contributed by atoms with Crippen LogP contribution in [0.15, 0.2) is 55.0 Å². The van der Waals surface area contributed by atoms with Crippen LogP contribution in [0.5, 0.6) is 0 Å². The molecular formula is C18H19ClN6. The maximum absolute atomic E-state index is 5.90. The minimum Gasteiger partial charge on any atom is -0.365 e. The van der Waals surface area contributed by atoms with Crippen molar-refractivity contribution in [1.82, 2.24) is 20.2 Å². The number of benzene rings is 1. The van der Waals surface area contributed by atoms with E-state index in [4.69, 9.17) is 11.6 Å². The van der Waals surface area contributed by atoms with Crippen molar-refractivity contribution in [1.29, 1.82) is 0 Å². The van der Waals surface area contributed by atoms with E-state index < -0.39 is 0 Å². The predicted molar refractivity (Wildman–Crippen MR) is 99.8 cm³/mol. The van der Waals surface area contributed by atoms with Crippen LogP contribution < -0.4 is 10.2 Å². The molecule has 25 heavy (non-hydrogen) atoms. The summed E-state index contributed by atoms with van der Waals surface area (Å²) in [7, 11) is 1.96. The highest BCUT2D eigenvalue weighted by Crippen LogP contribution is 2.12. The van der Waals surface area contributed by atoms with Gasteiger partial charge in [0.25, 0.3) is 0 Å². The van der Waals surface area contributed by atoms with Crippen molar-refractivity contribution in [2.45, 2.75) is 13.0 Å². The molecule has 0 aliphatic rings. The van der Waals surface area contributed by atoms with Gasteiger partial charge in [0.05, 0.1) is 6.20 Å². The van der Waals surface area contributed by atoms with Crippen molar-refractivity contribution in [3.8, 4) is 0 Å². The number of anilines is 2. The third-order valence-electron chi connectivity index (χ3n) is 3.76. The van der Waals surface area contributed by atoms with Gasteiger partial charge in [-0.1, -0.05) is 23.7 Å². The lowest BCUT2D eigenvalue weighted by molar-refractivity contribution is 0.810. The molecule has 0 saturated carbocycles. The molecule has 0 amide bonds. The number of halogens is 1. The van der Waals surface area contributed by atoms with Gasteiger partial charge in [-0.3, -0.25) is 4.98 Å². The second-order valence-corrected chi connectivity index (χ2v) is 6.09. The SMILES string of the molecule is CN(CCc1ccncc1)c1nncc(NCc2ccc(Cl)cc2)n1. The summed E-state index contributed by atoms with van der Waals surface area (Å²) in [5, 5.41) is 12.1. The van der Waals surface area contributed by atoms with Crippen LogP contribution >= 0.6 is 11.6 Å². The van der Waals surface area contributed by atoms with E-state index in [1.807, 2.05) is 48.3 Å². The summed E-state index contributed by atoms with van der Waals surface area (Å²) < 4.78 is 0. The summed E-state index contributed by atoms with van der Waals surface area (Å²) in [6.45, 7) is 1.45. The van der Waals surface area contributed by atoms with Crippen molar-refractivity contribution < 1.29 is 0 Å². The maximum Gasteiger partial charge on any atom is 0.247 e.